The van der Waals surface area contributed by atoms with Gasteiger partial charge in [-0.2, -0.15) is 0 Å². The van der Waals surface area contributed by atoms with Crippen molar-refractivity contribution in [2.45, 2.75) is 33.2 Å². The second kappa shape index (κ2) is 7.47. The number of nitrogens with one attached hydrogen (secondary N) is 1. The van der Waals surface area contributed by atoms with E-state index in [1.807, 2.05) is 25.1 Å². The number of fused-ring (bicyclic) bond motifs is 1. The van der Waals surface area contributed by atoms with Crippen molar-refractivity contribution in [3.8, 4) is 10.6 Å². The zero-order valence-electron chi connectivity index (χ0n) is 15.9. The third-order valence-electron chi connectivity index (χ3n) is 4.55. The Morgan fingerprint density at radius 3 is 2.61 bits per heavy atom. The maximum absolute atomic E-state index is 12.6. The third kappa shape index (κ3) is 3.50. The Morgan fingerprint density at radius 1 is 1.11 bits per heavy atom. The fraction of sp³-hybridized carbons (Fsp3) is 0.250. The molecule has 0 aliphatic carbocycles. The molecule has 0 bridgehead atoms. The maximum atomic E-state index is 12.6. The molecule has 0 atom stereocenters. The van der Waals surface area contributed by atoms with Gasteiger partial charge in [0, 0.05) is 17.7 Å². The molecule has 2 aromatic heterocycles. The summed E-state index contributed by atoms with van der Waals surface area (Å²) in [6.07, 6.45) is 0. The zero-order valence-corrected chi connectivity index (χ0v) is 16.7. The summed E-state index contributed by atoms with van der Waals surface area (Å²) < 4.78 is 1.79. The van der Waals surface area contributed by atoms with E-state index in [0.29, 0.717) is 22.1 Å². The molecule has 4 rings (SSSR count). The molecule has 142 valence electrons. The number of aryl methyl sites for hydroxylation is 1. The first-order chi connectivity index (χ1) is 13.5. The van der Waals surface area contributed by atoms with Crippen molar-refractivity contribution in [1.82, 2.24) is 25.2 Å². The predicted molar refractivity (Wildman–Crippen MR) is 111 cm³/mol. The number of benzene rings is 2. The molecule has 1 amide bonds. The molecule has 0 aliphatic rings. The largest absolute Gasteiger partial charge is 0.296 e. The van der Waals surface area contributed by atoms with Gasteiger partial charge in [-0.1, -0.05) is 54.7 Å². The van der Waals surface area contributed by atoms with E-state index in [-0.39, 0.29) is 5.91 Å². The van der Waals surface area contributed by atoms with Crippen LogP contribution in [0.25, 0.3) is 21.6 Å². The first-order valence-electron chi connectivity index (χ1n) is 9.13. The summed E-state index contributed by atoms with van der Waals surface area (Å²) in [6.45, 7) is 7.05. The lowest BCUT2D eigenvalue weighted by Gasteiger charge is -2.04. The molecule has 0 spiro atoms. The number of hydrogen-bond donors (Lipinski definition) is 1. The van der Waals surface area contributed by atoms with Gasteiger partial charge in [0.1, 0.15) is 10.5 Å². The van der Waals surface area contributed by atoms with Gasteiger partial charge in [0.25, 0.3) is 5.91 Å². The topological polar surface area (TPSA) is 85.6 Å². The van der Waals surface area contributed by atoms with Gasteiger partial charge >= 0.3 is 0 Å². The van der Waals surface area contributed by atoms with E-state index in [9.17, 15) is 4.79 Å². The standard InChI is InChI=1S/C20H20N6OS/c1-4-26-17-10-9-15(11-16(17)22-25-26)18(27)21-20-24-23-19(28-20)14-7-5-13(6-8-14)12(2)3/h5-12H,4H2,1-3H3,(H,21,24,27). The molecule has 2 aromatic carbocycles. The summed E-state index contributed by atoms with van der Waals surface area (Å²) in [6, 6.07) is 13.6. The van der Waals surface area contributed by atoms with Crippen LogP contribution in [0.3, 0.4) is 0 Å². The van der Waals surface area contributed by atoms with E-state index < -0.39 is 0 Å². The van der Waals surface area contributed by atoms with E-state index in [4.69, 9.17) is 0 Å². The van der Waals surface area contributed by atoms with E-state index >= 15 is 0 Å². The predicted octanol–water partition coefficient (Wildman–Crippen LogP) is 4.35. The monoisotopic (exact) mass is 392 g/mol. The molecule has 1 N–H and O–H groups in total. The molecule has 2 heterocycles. The lowest BCUT2D eigenvalue weighted by atomic mass is 10.0. The maximum Gasteiger partial charge on any atom is 0.257 e. The minimum atomic E-state index is -0.245. The highest BCUT2D eigenvalue weighted by atomic mass is 32.1. The van der Waals surface area contributed by atoms with Crippen molar-refractivity contribution < 1.29 is 4.79 Å². The lowest BCUT2D eigenvalue weighted by molar-refractivity contribution is 0.102. The van der Waals surface area contributed by atoms with Crippen molar-refractivity contribution in [1.29, 1.82) is 0 Å². The van der Waals surface area contributed by atoms with E-state index in [2.05, 4.69) is 51.8 Å². The van der Waals surface area contributed by atoms with Crippen molar-refractivity contribution in [3.63, 3.8) is 0 Å². The zero-order chi connectivity index (χ0) is 19.7. The van der Waals surface area contributed by atoms with Crippen LogP contribution in [0.1, 0.15) is 42.6 Å². The van der Waals surface area contributed by atoms with Crippen molar-refractivity contribution in [2.24, 2.45) is 0 Å². The number of rotatable bonds is 5. The van der Waals surface area contributed by atoms with Crippen molar-refractivity contribution >= 4 is 33.4 Å². The number of aromatic nitrogens is 5. The van der Waals surface area contributed by atoms with Gasteiger partial charge in [0.2, 0.25) is 5.13 Å². The quantitative estimate of drug-likeness (QED) is 0.546. The van der Waals surface area contributed by atoms with Crippen LogP contribution in [-0.2, 0) is 6.54 Å². The number of anilines is 1. The van der Waals surface area contributed by atoms with Crippen LogP contribution in [0.2, 0.25) is 0 Å². The smallest absolute Gasteiger partial charge is 0.257 e. The minimum absolute atomic E-state index is 0.245. The van der Waals surface area contributed by atoms with E-state index in [1.54, 1.807) is 16.8 Å². The Hall–Kier alpha value is -3.13. The molecule has 0 saturated carbocycles. The Bertz CT molecular complexity index is 1130. The molecule has 8 heteroatoms. The summed E-state index contributed by atoms with van der Waals surface area (Å²) in [4.78, 5) is 12.6. The number of carbonyl (C=O) groups excluding carboxylic acids is 1. The first kappa shape index (κ1) is 18.2. The Balaban J connectivity index is 1.51. The molecule has 0 fully saturated rings. The lowest BCUT2D eigenvalue weighted by Crippen LogP contribution is -2.11. The van der Waals surface area contributed by atoms with E-state index in [0.717, 1.165) is 22.6 Å². The van der Waals surface area contributed by atoms with Crippen molar-refractivity contribution in [2.75, 3.05) is 5.32 Å². The molecule has 0 radical (unpaired) electrons. The summed E-state index contributed by atoms with van der Waals surface area (Å²) in [5.74, 6) is 0.236. The highest BCUT2D eigenvalue weighted by Crippen LogP contribution is 2.28. The summed E-state index contributed by atoms with van der Waals surface area (Å²) in [5, 5.41) is 20.5. The van der Waals surface area contributed by atoms with Crippen LogP contribution >= 0.6 is 11.3 Å². The van der Waals surface area contributed by atoms with Gasteiger partial charge in [-0.05, 0) is 36.6 Å². The second-order valence-electron chi connectivity index (χ2n) is 6.75. The first-order valence-corrected chi connectivity index (χ1v) is 9.95. The minimum Gasteiger partial charge on any atom is -0.296 e. The number of carbonyl (C=O) groups is 1. The third-order valence-corrected chi connectivity index (χ3v) is 5.43. The molecular weight excluding hydrogens is 372 g/mol. The number of hydrogen-bond acceptors (Lipinski definition) is 6. The summed E-state index contributed by atoms with van der Waals surface area (Å²) >= 11 is 1.35. The van der Waals surface area contributed by atoms with Crippen LogP contribution in [-0.4, -0.2) is 31.1 Å². The van der Waals surface area contributed by atoms with Crippen LogP contribution in [0.15, 0.2) is 42.5 Å². The van der Waals surface area contributed by atoms with Crippen LogP contribution in [0.4, 0.5) is 5.13 Å². The van der Waals surface area contributed by atoms with Gasteiger partial charge in [-0.3, -0.25) is 10.1 Å². The van der Waals surface area contributed by atoms with Crippen molar-refractivity contribution in [3.05, 3.63) is 53.6 Å². The molecule has 0 saturated heterocycles. The molecule has 0 aliphatic heterocycles. The van der Waals surface area contributed by atoms with Gasteiger partial charge in [-0.25, -0.2) is 4.68 Å². The molecule has 4 aromatic rings. The number of nitrogens with zero attached hydrogens (tertiary/aromatic N) is 5. The summed E-state index contributed by atoms with van der Waals surface area (Å²) in [7, 11) is 0. The fourth-order valence-corrected chi connectivity index (χ4v) is 3.66. The molecular formula is C20H20N6OS. The normalized spacial score (nSPS) is 11.3. The highest BCUT2D eigenvalue weighted by molar-refractivity contribution is 7.18. The Kier molecular flexibility index (Phi) is 4.87. The summed E-state index contributed by atoms with van der Waals surface area (Å²) in [5.41, 5.74) is 4.37. The van der Waals surface area contributed by atoms with E-state index in [1.165, 1.54) is 16.9 Å². The van der Waals surface area contributed by atoms with Gasteiger partial charge in [-0.15, -0.1) is 15.3 Å². The fourth-order valence-electron chi connectivity index (χ4n) is 2.92. The molecule has 7 nitrogen and oxygen atoms in total. The van der Waals surface area contributed by atoms with Gasteiger partial charge < -0.3 is 0 Å². The van der Waals surface area contributed by atoms with Crippen LogP contribution in [0, 0.1) is 0 Å². The van der Waals surface area contributed by atoms with Gasteiger partial charge in [0.15, 0.2) is 0 Å². The highest BCUT2D eigenvalue weighted by Gasteiger charge is 2.13. The second-order valence-corrected chi connectivity index (χ2v) is 7.73. The average Bonchev–Trinajstić information content (AvgIpc) is 3.34. The number of amides is 1. The Labute approximate surface area is 166 Å². The van der Waals surface area contributed by atoms with Crippen LogP contribution < -0.4 is 5.32 Å². The molecule has 28 heavy (non-hydrogen) atoms. The SMILES string of the molecule is CCn1nnc2cc(C(=O)Nc3nnc(-c4ccc(C(C)C)cc4)s3)ccc21. The van der Waals surface area contributed by atoms with Gasteiger partial charge in [0.05, 0.1) is 5.52 Å². The van der Waals surface area contributed by atoms with Crippen LogP contribution in [0.5, 0.6) is 0 Å². The molecule has 0 unspecified atom stereocenters. The average molecular weight is 392 g/mol. The Morgan fingerprint density at radius 2 is 1.89 bits per heavy atom.